The van der Waals surface area contributed by atoms with Gasteiger partial charge in [-0.05, 0) is 42.0 Å². The summed E-state index contributed by atoms with van der Waals surface area (Å²) in [4.78, 5) is 11.6. The number of ether oxygens (including phenoxy) is 3. The summed E-state index contributed by atoms with van der Waals surface area (Å²) in [5.74, 6) is 0.424. The molecule has 0 aromatic heterocycles. The first-order valence-corrected chi connectivity index (χ1v) is 7.97. The van der Waals surface area contributed by atoms with Crippen LogP contribution < -0.4 is 4.74 Å². The van der Waals surface area contributed by atoms with Gasteiger partial charge < -0.3 is 14.2 Å². The zero-order chi connectivity index (χ0) is 17.1. The van der Waals surface area contributed by atoms with Gasteiger partial charge in [0.05, 0.1) is 13.7 Å². The number of hydrogen-bond acceptors (Lipinski definition) is 4. The van der Waals surface area contributed by atoms with Crippen molar-refractivity contribution in [2.24, 2.45) is 5.41 Å². The molecule has 23 heavy (non-hydrogen) atoms. The van der Waals surface area contributed by atoms with Crippen LogP contribution in [0, 0.1) is 5.41 Å². The lowest BCUT2D eigenvalue weighted by Crippen LogP contribution is -2.11. The van der Waals surface area contributed by atoms with Gasteiger partial charge in [-0.1, -0.05) is 32.9 Å². The third-order valence-electron chi connectivity index (χ3n) is 3.22. The maximum absolute atomic E-state index is 11.6. The highest BCUT2D eigenvalue weighted by Gasteiger charge is 2.08. The van der Waals surface area contributed by atoms with E-state index >= 15 is 0 Å². The second-order valence-corrected chi connectivity index (χ2v) is 6.55. The molecule has 4 heteroatoms. The predicted molar refractivity (Wildman–Crippen MR) is 92.5 cm³/mol. The van der Waals surface area contributed by atoms with Crippen LogP contribution in [0.3, 0.4) is 0 Å². The van der Waals surface area contributed by atoms with E-state index in [9.17, 15) is 4.79 Å². The summed E-state index contributed by atoms with van der Waals surface area (Å²) in [5.41, 5.74) is 1.25. The van der Waals surface area contributed by atoms with E-state index < -0.39 is 0 Å². The predicted octanol–water partition coefficient (Wildman–Crippen LogP) is 4.09. The molecule has 4 nitrogen and oxygen atoms in total. The highest BCUT2D eigenvalue weighted by molar-refractivity contribution is 5.87. The maximum Gasteiger partial charge on any atom is 0.330 e. The van der Waals surface area contributed by atoms with E-state index in [0.717, 1.165) is 24.2 Å². The molecule has 0 amide bonds. The SMILES string of the molecule is COc1ccc(/C=C/C(=O)OCCOCCCC(C)(C)C)cc1. The van der Waals surface area contributed by atoms with Crippen LogP contribution in [0.1, 0.15) is 39.2 Å². The molecule has 0 bridgehead atoms. The number of esters is 1. The zero-order valence-corrected chi connectivity index (χ0v) is 14.6. The Labute approximate surface area is 139 Å². The quantitative estimate of drug-likeness (QED) is 0.390. The fourth-order valence-corrected chi connectivity index (χ4v) is 1.94. The van der Waals surface area contributed by atoms with Crippen LogP contribution in [0.4, 0.5) is 0 Å². The van der Waals surface area contributed by atoms with Crippen molar-refractivity contribution in [1.29, 1.82) is 0 Å². The molecule has 0 atom stereocenters. The summed E-state index contributed by atoms with van der Waals surface area (Å²) in [6, 6.07) is 7.44. The lowest BCUT2D eigenvalue weighted by molar-refractivity contribution is -0.139. The Bertz CT molecular complexity index is 483. The third kappa shape index (κ3) is 9.74. The molecular weight excluding hydrogens is 292 g/mol. The molecule has 0 aliphatic heterocycles. The summed E-state index contributed by atoms with van der Waals surface area (Å²) < 4.78 is 15.6. The Balaban J connectivity index is 2.13. The van der Waals surface area contributed by atoms with Crippen molar-refractivity contribution in [2.75, 3.05) is 26.9 Å². The van der Waals surface area contributed by atoms with Crippen LogP contribution in [0.15, 0.2) is 30.3 Å². The zero-order valence-electron chi connectivity index (χ0n) is 14.6. The van der Waals surface area contributed by atoms with Crippen LogP contribution >= 0.6 is 0 Å². The summed E-state index contributed by atoms with van der Waals surface area (Å²) in [6.45, 7) is 8.06. The van der Waals surface area contributed by atoms with Crippen molar-refractivity contribution >= 4 is 12.0 Å². The van der Waals surface area contributed by atoms with E-state index in [2.05, 4.69) is 20.8 Å². The highest BCUT2D eigenvalue weighted by Crippen LogP contribution is 2.20. The Kier molecular flexibility index (Phi) is 8.41. The van der Waals surface area contributed by atoms with E-state index in [4.69, 9.17) is 14.2 Å². The van der Waals surface area contributed by atoms with Crippen molar-refractivity contribution in [3.63, 3.8) is 0 Å². The molecule has 1 aromatic carbocycles. The lowest BCUT2D eigenvalue weighted by atomic mass is 9.91. The van der Waals surface area contributed by atoms with Gasteiger partial charge in [0.1, 0.15) is 12.4 Å². The third-order valence-corrected chi connectivity index (χ3v) is 3.22. The average Bonchev–Trinajstić information content (AvgIpc) is 2.51. The van der Waals surface area contributed by atoms with Crippen LogP contribution in [0.2, 0.25) is 0 Å². The van der Waals surface area contributed by atoms with Gasteiger partial charge in [-0.25, -0.2) is 4.79 Å². The van der Waals surface area contributed by atoms with Crippen molar-refractivity contribution in [3.8, 4) is 5.75 Å². The smallest absolute Gasteiger partial charge is 0.330 e. The van der Waals surface area contributed by atoms with Gasteiger partial charge in [0.25, 0.3) is 0 Å². The standard InChI is InChI=1S/C19H28O4/c1-19(2,3)12-5-13-22-14-15-23-18(20)11-8-16-6-9-17(21-4)10-7-16/h6-11H,5,12-15H2,1-4H3/b11-8+. The van der Waals surface area contributed by atoms with Gasteiger partial charge in [0.2, 0.25) is 0 Å². The van der Waals surface area contributed by atoms with Gasteiger partial charge in [-0.3, -0.25) is 0 Å². The second-order valence-electron chi connectivity index (χ2n) is 6.55. The number of carbonyl (C=O) groups excluding carboxylic acids is 1. The average molecular weight is 320 g/mol. The fourth-order valence-electron chi connectivity index (χ4n) is 1.94. The fraction of sp³-hybridized carbons (Fsp3) is 0.526. The normalized spacial score (nSPS) is 11.7. The molecule has 0 radical (unpaired) electrons. The first kappa shape index (κ1) is 19.2. The lowest BCUT2D eigenvalue weighted by Gasteiger charge is -2.17. The molecule has 0 saturated heterocycles. The molecule has 0 heterocycles. The first-order valence-electron chi connectivity index (χ1n) is 7.97. The van der Waals surface area contributed by atoms with E-state index in [0.29, 0.717) is 18.6 Å². The molecule has 0 aliphatic rings. The molecule has 0 N–H and O–H groups in total. The van der Waals surface area contributed by atoms with Crippen molar-refractivity contribution in [1.82, 2.24) is 0 Å². The van der Waals surface area contributed by atoms with Crippen molar-refractivity contribution in [3.05, 3.63) is 35.9 Å². The minimum Gasteiger partial charge on any atom is -0.497 e. The van der Waals surface area contributed by atoms with Crippen LogP contribution in [0.5, 0.6) is 5.75 Å². The molecular formula is C19H28O4. The Hall–Kier alpha value is -1.81. The Morgan fingerprint density at radius 1 is 1.09 bits per heavy atom. The summed E-state index contributed by atoms with van der Waals surface area (Å²) in [5, 5.41) is 0. The van der Waals surface area contributed by atoms with Gasteiger partial charge in [0.15, 0.2) is 0 Å². The van der Waals surface area contributed by atoms with Crippen molar-refractivity contribution in [2.45, 2.75) is 33.6 Å². The molecule has 0 unspecified atom stereocenters. The Morgan fingerprint density at radius 2 is 1.78 bits per heavy atom. The highest BCUT2D eigenvalue weighted by atomic mass is 16.6. The van der Waals surface area contributed by atoms with Gasteiger partial charge in [-0.2, -0.15) is 0 Å². The minimum absolute atomic E-state index is 0.279. The molecule has 1 rings (SSSR count). The van der Waals surface area contributed by atoms with Crippen LogP contribution in [-0.4, -0.2) is 32.9 Å². The number of methoxy groups -OCH3 is 1. The molecule has 128 valence electrons. The van der Waals surface area contributed by atoms with E-state index in [1.807, 2.05) is 24.3 Å². The van der Waals surface area contributed by atoms with Crippen LogP contribution in [0.25, 0.3) is 6.08 Å². The van der Waals surface area contributed by atoms with Crippen molar-refractivity contribution < 1.29 is 19.0 Å². The van der Waals surface area contributed by atoms with Crippen LogP contribution in [-0.2, 0) is 14.3 Å². The molecule has 1 aromatic rings. The number of benzene rings is 1. The molecule has 0 fully saturated rings. The molecule has 0 saturated carbocycles. The van der Waals surface area contributed by atoms with Gasteiger partial charge in [-0.15, -0.1) is 0 Å². The minimum atomic E-state index is -0.362. The number of rotatable bonds is 9. The van der Waals surface area contributed by atoms with E-state index in [1.165, 1.54) is 6.08 Å². The molecule has 0 aliphatic carbocycles. The first-order chi connectivity index (χ1) is 10.9. The van der Waals surface area contributed by atoms with Gasteiger partial charge in [0, 0.05) is 12.7 Å². The largest absolute Gasteiger partial charge is 0.497 e. The topological polar surface area (TPSA) is 44.8 Å². The van der Waals surface area contributed by atoms with E-state index in [1.54, 1.807) is 13.2 Å². The number of hydrogen-bond donors (Lipinski definition) is 0. The Morgan fingerprint density at radius 3 is 2.39 bits per heavy atom. The summed E-state index contributed by atoms with van der Waals surface area (Å²) in [7, 11) is 1.62. The monoisotopic (exact) mass is 320 g/mol. The summed E-state index contributed by atoms with van der Waals surface area (Å²) >= 11 is 0. The number of carbonyl (C=O) groups is 1. The van der Waals surface area contributed by atoms with Gasteiger partial charge >= 0.3 is 5.97 Å². The maximum atomic E-state index is 11.6. The van der Waals surface area contributed by atoms with E-state index in [-0.39, 0.29) is 12.6 Å². The second kappa shape index (κ2) is 10.1. The molecule has 0 spiro atoms. The summed E-state index contributed by atoms with van der Waals surface area (Å²) in [6.07, 6.45) is 5.28.